The summed E-state index contributed by atoms with van der Waals surface area (Å²) in [5, 5.41) is 0. The molecule has 0 radical (unpaired) electrons. The molecule has 0 aliphatic heterocycles. The summed E-state index contributed by atoms with van der Waals surface area (Å²) in [5.74, 6) is 1.40. The molecule has 0 bridgehead atoms. The van der Waals surface area contributed by atoms with E-state index in [1.165, 1.54) is 19.8 Å². The molecule has 27 heavy (non-hydrogen) atoms. The van der Waals surface area contributed by atoms with Crippen LogP contribution in [0.2, 0.25) is 0 Å². The van der Waals surface area contributed by atoms with Crippen LogP contribution >= 0.6 is 0 Å². The quantitative estimate of drug-likeness (QED) is 0.693. The van der Waals surface area contributed by atoms with Gasteiger partial charge < -0.3 is 19.4 Å². The summed E-state index contributed by atoms with van der Waals surface area (Å²) in [6.45, 7) is 5.12. The number of ether oxygens (including phenoxy) is 2. The first-order valence-corrected chi connectivity index (χ1v) is 8.89. The fourth-order valence-corrected chi connectivity index (χ4v) is 2.96. The van der Waals surface area contributed by atoms with Crippen LogP contribution in [0.1, 0.15) is 28.7 Å². The van der Waals surface area contributed by atoms with Crippen LogP contribution in [0.15, 0.2) is 30.3 Å². The minimum Gasteiger partial charge on any atom is -0.481 e. The summed E-state index contributed by atoms with van der Waals surface area (Å²) in [5.41, 5.74) is 3.55. The number of nitrogens with zero attached hydrogens (tertiary/aromatic N) is 3. The maximum Gasteiger partial charge on any atom is 0.259 e. The molecule has 0 spiro atoms. The topological polar surface area (TPSA) is 80.3 Å². The maximum atomic E-state index is 12.9. The summed E-state index contributed by atoms with van der Waals surface area (Å²) in [6, 6.07) is 9.45. The lowest BCUT2D eigenvalue weighted by Gasteiger charge is -2.21. The Morgan fingerprint density at radius 1 is 1.15 bits per heavy atom. The van der Waals surface area contributed by atoms with Gasteiger partial charge in [-0.3, -0.25) is 4.79 Å². The van der Waals surface area contributed by atoms with Crippen LogP contribution < -0.4 is 9.47 Å². The molecule has 7 nitrogen and oxygen atoms in total. The second kappa shape index (κ2) is 8.07. The number of carbonyl (C=O) groups excluding carboxylic acids is 1. The average molecular weight is 368 g/mol. The molecular formula is C20H24N4O3. The second-order valence-electron chi connectivity index (χ2n) is 6.25. The number of likely N-dealkylation sites (N-methyl/N-ethyl adjacent to an activating group) is 1. The lowest BCUT2D eigenvalue weighted by Crippen LogP contribution is -2.33. The van der Waals surface area contributed by atoms with Gasteiger partial charge in [-0.25, -0.2) is 4.98 Å². The first-order valence-electron chi connectivity index (χ1n) is 8.89. The standard InChI is InChI=1S/C20H24N4O3/c1-5-24(20(25)14-7-9-18(26-3)23-19(14)27-4)11-10-17-21-15-8-6-13(2)12-16(15)22-17/h6-9,12H,5,10-11H2,1-4H3,(H,21,22). The minimum atomic E-state index is -0.128. The van der Waals surface area contributed by atoms with Crippen LogP contribution in [-0.4, -0.2) is 53.1 Å². The van der Waals surface area contributed by atoms with Crippen molar-refractivity contribution in [3.63, 3.8) is 0 Å². The maximum absolute atomic E-state index is 12.9. The predicted molar refractivity (Wildman–Crippen MR) is 103 cm³/mol. The number of aromatic amines is 1. The van der Waals surface area contributed by atoms with Gasteiger partial charge in [-0.05, 0) is 37.6 Å². The number of fused-ring (bicyclic) bond motifs is 1. The first kappa shape index (κ1) is 18.7. The van der Waals surface area contributed by atoms with Crippen LogP contribution in [0.4, 0.5) is 0 Å². The predicted octanol–water partition coefficient (Wildman–Crippen LogP) is 2.99. The Morgan fingerprint density at radius 2 is 1.96 bits per heavy atom. The van der Waals surface area contributed by atoms with E-state index < -0.39 is 0 Å². The molecule has 3 aromatic rings. The van der Waals surface area contributed by atoms with Crippen molar-refractivity contribution in [3.05, 3.63) is 47.3 Å². The highest BCUT2D eigenvalue weighted by atomic mass is 16.5. The fourth-order valence-electron chi connectivity index (χ4n) is 2.96. The number of nitrogens with one attached hydrogen (secondary N) is 1. The zero-order chi connectivity index (χ0) is 19.4. The number of rotatable bonds is 7. The molecule has 1 amide bonds. The Balaban J connectivity index is 1.75. The first-order chi connectivity index (χ1) is 13.0. The van der Waals surface area contributed by atoms with E-state index in [-0.39, 0.29) is 11.8 Å². The average Bonchev–Trinajstić information content (AvgIpc) is 3.09. The van der Waals surface area contributed by atoms with Crippen LogP contribution in [-0.2, 0) is 6.42 Å². The van der Waals surface area contributed by atoms with Crippen molar-refractivity contribution < 1.29 is 14.3 Å². The molecule has 0 fully saturated rings. The van der Waals surface area contributed by atoms with E-state index in [2.05, 4.69) is 21.0 Å². The van der Waals surface area contributed by atoms with Crippen molar-refractivity contribution in [1.82, 2.24) is 19.9 Å². The molecule has 0 atom stereocenters. The molecule has 2 aromatic heterocycles. The third-order valence-electron chi connectivity index (χ3n) is 4.44. The van der Waals surface area contributed by atoms with Crippen molar-refractivity contribution in [1.29, 1.82) is 0 Å². The largest absolute Gasteiger partial charge is 0.481 e. The monoisotopic (exact) mass is 368 g/mol. The Hall–Kier alpha value is -3.09. The smallest absolute Gasteiger partial charge is 0.259 e. The fraction of sp³-hybridized carbons (Fsp3) is 0.350. The normalized spacial score (nSPS) is 10.8. The van der Waals surface area contributed by atoms with Crippen LogP contribution in [0.3, 0.4) is 0 Å². The van der Waals surface area contributed by atoms with Gasteiger partial charge in [0.2, 0.25) is 11.8 Å². The number of amides is 1. The highest BCUT2D eigenvalue weighted by molar-refractivity contribution is 5.96. The van der Waals surface area contributed by atoms with Gasteiger partial charge in [-0.2, -0.15) is 4.98 Å². The zero-order valence-electron chi connectivity index (χ0n) is 16.1. The van der Waals surface area contributed by atoms with E-state index in [1.54, 1.807) is 17.0 Å². The molecule has 7 heteroatoms. The van der Waals surface area contributed by atoms with Gasteiger partial charge in [0.1, 0.15) is 11.4 Å². The van der Waals surface area contributed by atoms with Crippen molar-refractivity contribution in [2.24, 2.45) is 0 Å². The summed E-state index contributed by atoms with van der Waals surface area (Å²) in [7, 11) is 3.02. The van der Waals surface area contributed by atoms with Gasteiger partial charge >= 0.3 is 0 Å². The number of hydrogen-bond donors (Lipinski definition) is 1. The van der Waals surface area contributed by atoms with E-state index in [4.69, 9.17) is 9.47 Å². The molecule has 2 heterocycles. The number of H-pyrrole nitrogens is 1. The third-order valence-corrected chi connectivity index (χ3v) is 4.44. The lowest BCUT2D eigenvalue weighted by molar-refractivity contribution is 0.0761. The van der Waals surface area contributed by atoms with Crippen LogP contribution in [0.5, 0.6) is 11.8 Å². The number of pyridine rings is 1. The Morgan fingerprint density at radius 3 is 2.67 bits per heavy atom. The van der Waals surface area contributed by atoms with Crippen molar-refractivity contribution in [3.8, 4) is 11.8 Å². The highest BCUT2D eigenvalue weighted by Gasteiger charge is 2.20. The van der Waals surface area contributed by atoms with E-state index in [0.29, 0.717) is 31.0 Å². The summed E-state index contributed by atoms with van der Waals surface area (Å²) in [6.07, 6.45) is 0.638. The Kier molecular flexibility index (Phi) is 5.59. The van der Waals surface area contributed by atoms with Crippen molar-refractivity contribution in [2.75, 3.05) is 27.3 Å². The van der Waals surface area contributed by atoms with Crippen molar-refractivity contribution >= 4 is 16.9 Å². The Labute approximate surface area is 158 Å². The van der Waals surface area contributed by atoms with Gasteiger partial charge in [0, 0.05) is 25.6 Å². The molecule has 142 valence electrons. The molecule has 3 rings (SSSR count). The van der Waals surface area contributed by atoms with Gasteiger partial charge in [0.25, 0.3) is 5.91 Å². The van der Waals surface area contributed by atoms with Crippen molar-refractivity contribution in [2.45, 2.75) is 20.3 Å². The molecule has 0 aliphatic rings. The number of aryl methyl sites for hydroxylation is 1. The van der Waals surface area contributed by atoms with E-state index >= 15 is 0 Å². The SMILES string of the molecule is CCN(CCc1nc2ccc(C)cc2[nH]1)C(=O)c1ccc(OC)nc1OC. The molecule has 0 saturated carbocycles. The van der Waals surface area contributed by atoms with Gasteiger partial charge in [0.05, 0.1) is 25.3 Å². The molecule has 0 saturated heterocycles. The highest BCUT2D eigenvalue weighted by Crippen LogP contribution is 2.21. The lowest BCUT2D eigenvalue weighted by atomic mass is 10.2. The van der Waals surface area contributed by atoms with Gasteiger partial charge in [-0.1, -0.05) is 6.07 Å². The van der Waals surface area contributed by atoms with E-state index in [1.807, 2.05) is 26.0 Å². The minimum absolute atomic E-state index is 0.128. The van der Waals surface area contributed by atoms with Crippen LogP contribution in [0.25, 0.3) is 11.0 Å². The zero-order valence-corrected chi connectivity index (χ0v) is 16.1. The van der Waals surface area contributed by atoms with Crippen LogP contribution in [0, 0.1) is 6.92 Å². The molecular weight excluding hydrogens is 344 g/mol. The molecule has 0 unspecified atom stereocenters. The number of methoxy groups -OCH3 is 2. The van der Waals surface area contributed by atoms with E-state index in [9.17, 15) is 4.79 Å². The van der Waals surface area contributed by atoms with Gasteiger partial charge in [-0.15, -0.1) is 0 Å². The summed E-state index contributed by atoms with van der Waals surface area (Å²) >= 11 is 0. The summed E-state index contributed by atoms with van der Waals surface area (Å²) in [4.78, 5) is 26.8. The second-order valence-corrected chi connectivity index (χ2v) is 6.25. The number of aromatic nitrogens is 3. The third kappa shape index (κ3) is 4.02. The van der Waals surface area contributed by atoms with E-state index in [0.717, 1.165) is 16.9 Å². The molecule has 1 aromatic carbocycles. The number of hydrogen-bond acceptors (Lipinski definition) is 5. The number of benzene rings is 1. The summed E-state index contributed by atoms with van der Waals surface area (Å²) < 4.78 is 10.4. The Bertz CT molecular complexity index is 952. The molecule has 1 N–H and O–H groups in total. The molecule has 0 aliphatic carbocycles. The number of imidazole rings is 1. The van der Waals surface area contributed by atoms with Gasteiger partial charge in [0.15, 0.2) is 0 Å². The number of carbonyl (C=O) groups is 1.